The number of aromatic nitrogens is 2. The third kappa shape index (κ3) is 3.31. The summed E-state index contributed by atoms with van der Waals surface area (Å²) in [5.41, 5.74) is 1.50. The smallest absolute Gasteiger partial charge is 0.223 e. The summed E-state index contributed by atoms with van der Waals surface area (Å²) in [5.74, 6) is 3.29. The number of carbonyl (C=O) groups is 1. The summed E-state index contributed by atoms with van der Waals surface area (Å²) in [4.78, 5) is 29.2. The Morgan fingerprint density at radius 2 is 1.89 bits per heavy atom. The van der Waals surface area contributed by atoms with E-state index in [2.05, 4.69) is 4.90 Å². The minimum Gasteiger partial charge on any atom is -0.352 e. The van der Waals surface area contributed by atoms with E-state index in [1.165, 1.54) is 52.8 Å². The molecule has 3 aliphatic rings. The van der Waals surface area contributed by atoms with Crippen LogP contribution in [0, 0.1) is 0 Å². The highest BCUT2D eigenvalue weighted by molar-refractivity contribution is 7.19. The zero-order valence-electron chi connectivity index (χ0n) is 15.5. The molecular formula is C20H25ClN4OS. The van der Waals surface area contributed by atoms with E-state index in [4.69, 9.17) is 21.6 Å². The molecule has 0 aromatic carbocycles. The fraction of sp³-hybridized carbons (Fsp3) is 0.650. The van der Waals surface area contributed by atoms with E-state index in [9.17, 15) is 4.79 Å². The van der Waals surface area contributed by atoms with Crippen molar-refractivity contribution in [2.75, 3.05) is 37.0 Å². The fourth-order valence-corrected chi connectivity index (χ4v) is 5.74. The number of nitrogens with zero attached hydrogens (tertiary/aromatic N) is 4. The van der Waals surface area contributed by atoms with E-state index in [-0.39, 0.29) is 5.91 Å². The number of aryl methyl sites for hydroxylation is 2. The standard InChI is InChI=1S/C20H25ClN4OS/c21-8-7-16(26)24-9-11-25(12-10-24)19-17-14-3-1-2-4-15(14)27-20(17)23-18(22-19)13-5-6-13/h13H,1-12H2. The molecule has 5 nitrogen and oxygen atoms in total. The van der Waals surface area contributed by atoms with Crippen LogP contribution in [-0.2, 0) is 17.6 Å². The van der Waals surface area contributed by atoms with Gasteiger partial charge < -0.3 is 9.80 Å². The van der Waals surface area contributed by atoms with Crippen LogP contribution in [0.25, 0.3) is 10.2 Å². The maximum atomic E-state index is 12.2. The van der Waals surface area contributed by atoms with Crippen LogP contribution in [0.1, 0.15) is 54.3 Å². The lowest BCUT2D eigenvalue weighted by Crippen LogP contribution is -2.49. The van der Waals surface area contributed by atoms with Gasteiger partial charge in [-0.25, -0.2) is 9.97 Å². The summed E-state index contributed by atoms with van der Waals surface area (Å²) in [7, 11) is 0. The third-order valence-electron chi connectivity index (χ3n) is 6.00. The number of alkyl halides is 1. The molecule has 5 rings (SSSR count). The SMILES string of the molecule is O=C(CCCl)N1CCN(c2nc(C3CC3)nc3sc4c(c23)CCCC4)CC1. The van der Waals surface area contributed by atoms with Crippen molar-refractivity contribution in [3.8, 4) is 0 Å². The predicted octanol–water partition coefficient (Wildman–Crippen LogP) is 3.73. The predicted molar refractivity (Wildman–Crippen MR) is 110 cm³/mol. The Balaban J connectivity index is 1.48. The van der Waals surface area contributed by atoms with Crippen molar-refractivity contribution in [1.82, 2.24) is 14.9 Å². The van der Waals surface area contributed by atoms with Crippen molar-refractivity contribution in [3.63, 3.8) is 0 Å². The largest absolute Gasteiger partial charge is 0.352 e. The maximum Gasteiger partial charge on any atom is 0.223 e. The molecule has 7 heteroatoms. The monoisotopic (exact) mass is 404 g/mol. The van der Waals surface area contributed by atoms with E-state index in [1.807, 2.05) is 16.2 Å². The Bertz CT molecular complexity index is 870. The zero-order chi connectivity index (χ0) is 18.4. The molecule has 27 heavy (non-hydrogen) atoms. The van der Waals surface area contributed by atoms with Crippen molar-refractivity contribution in [2.45, 2.75) is 50.9 Å². The molecule has 3 heterocycles. The number of amides is 1. The molecule has 0 bridgehead atoms. The van der Waals surface area contributed by atoms with Gasteiger partial charge in [-0.1, -0.05) is 0 Å². The number of piperazine rings is 1. The Kier molecular flexibility index (Phi) is 4.72. The second kappa shape index (κ2) is 7.21. The molecule has 0 atom stereocenters. The highest BCUT2D eigenvalue weighted by Crippen LogP contribution is 2.44. The van der Waals surface area contributed by atoms with Gasteiger partial charge in [0.05, 0.1) is 5.39 Å². The fourth-order valence-electron chi connectivity index (χ4n) is 4.31. The van der Waals surface area contributed by atoms with Gasteiger partial charge in [-0.15, -0.1) is 22.9 Å². The van der Waals surface area contributed by atoms with Crippen LogP contribution in [0.2, 0.25) is 0 Å². The molecule has 2 aromatic rings. The summed E-state index contributed by atoms with van der Waals surface area (Å²) in [6.45, 7) is 3.20. The second-order valence-corrected chi connectivity index (χ2v) is 9.34. The number of anilines is 1. The summed E-state index contributed by atoms with van der Waals surface area (Å²) >= 11 is 7.63. The summed E-state index contributed by atoms with van der Waals surface area (Å²) in [5, 5.41) is 1.31. The highest BCUT2D eigenvalue weighted by atomic mass is 35.5. The van der Waals surface area contributed by atoms with Gasteiger partial charge in [0.15, 0.2) is 0 Å². The normalized spacial score (nSPS) is 20.2. The van der Waals surface area contributed by atoms with Gasteiger partial charge >= 0.3 is 0 Å². The van der Waals surface area contributed by atoms with Gasteiger partial charge in [0.2, 0.25) is 5.91 Å². The number of halogens is 1. The Hall–Kier alpha value is -1.40. The minimum atomic E-state index is 0.170. The topological polar surface area (TPSA) is 49.3 Å². The number of rotatable bonds is 4. The van der Waals surface area contributed by atoms with E-state index in [0.717, 1.165) is 44.2 Å². The Labute approximate surface area is 168 Å². The van der Waals surface area contributed by atoms with Gasteiger partial charge in [0, 0.05) is 49.3 Å². The van der Waals surface area contributed by atoms with E-state index in [0.29, 0.717) is 18.2 Å². The molecule has 1 saturated carbocycles. The maximum absolute atomic E-state index is 12.2. The van der Waals surface area contributed by atoms with E-state index < -0.39 is 0 Å². The molecular weight excluding hydrogens is 380 g/mol. The molecule has 2 fully saturated rings. The summed E-state index contributed by atoms with van der Waals surface area (Å²) in [6, 6.07) is 0. The van der Waals surface area contributed by atoms with E-state index in [1.54, 1.807) is 0 Å². The lowest BCUT2D eigenvalue weighted by atomic mass is 9.97. The number of hydrogen-bond acceptors (Lipinski definition) is 5. The average Bonchev–Trinajstić information content (AvgIpc) is 3.48. The molecule has 2 aliphatic carbocycles. The number of thiophene rings is 1. The molecule has 0 N–H and O–H groups in total. The van der Waals surface area contributed by atoms with Crippen LogP contribution >= 0.6 is 22.9 Å². The van der Waals surface area contributed by atoms with E-state index >= 15 is 0 Å². The minimum absolute atomic E-state index is 0.170. The van der Waals surface area contributed by atoms with Crippen LogP contribution in [0.3, 0.4) is 0 Å². The Morgan fingerprint density at radius 3 is 2.63 bits per heavy atom. The van der Waals surface area contributed by atoms with Crippen molar-refractivity contribution in [1.29, 1.82) is 0 Å². The van der Waals surface area contributed by atoms with Crippen LogP contribution in [0.15, 0.2) is 0 Å². The van der Waals surface area contributed by atoms with Crippen LogP contribution < -0.4 is 4.90 Å². The first kappa shape index (κ1) is 17.7. The lowest BCUT2D eigenvalue weighted by Gasteiger charge is -2.36. The average molecular weight is 405 g/mol. The molecule has 1 amide bonds. The molecule has 2 aromatic heterocycles. The van der Waals surface area contributed by atoms with Crippen molar-refractivity contribution < 1.29 is 4.79 Å². The first-order chi connectivity index (χ1) is 13.2. The third-order valence-corrected chi connectivity index (χ3v) is 7.37. The summed E-state index contributed by atoms with van der Waals surface area (Å²) in [6.07, 6.45) is 7.78. The molecule has 1 aliphatic heterocycles. The number of fused-ring (bicyclic) bond motifs is 3. The van der Waals surface area contributed by atoms with Gasteiger partial charge in [-0.3, -0.25) is 4.79 Å². The Morgan fingerprint density at radius 1 is 1.11 bits per heavy atom. The lowest BCUT2D eigenvalue weighted by molar-refractivity contribution is -0.131. The van der Waals surface area contributed by atoms with Crippen LogP contribution in [0.4, 0.5) is 5.82 Å². The van der Waals surface area contributed by atoms with Crippen LogP contribution in [-0.4, -0.2) is 52.8 Å². The van der Waals surface area contributed by atoms with Gasteiger partial charge in [0.1, 0.15) is 16.5 Å². The van der Waals surface area contributed by atoms with Crippen molar-refractivity contribution in [2.24, 2.45) is 0 Å². The van der Waals surface area contributed by atoms with Gasteiger partial charge in [0.25, 0.3) is 0 Å². The van der Waals surface area contributed by atoms with Crippen LogP contribution in [0.5, 0.6) is 0 Å². The molecule has 0 spiro atoms. The quantitative estimate of drug-likeness (QED) is 0.728. The first-order valence-corrected chi connectivity index (χ1v) is 11.5. The number of hydrogen-bond donors (Lipinski definition) is 0. The first-order valence-electron chi connectivity index (χ1n) is 10.2. The molecule has 1 saturated heterocycles. The molecule has 0 unspecified atom stereocenters. The molecule has 0 radical (unpaired) electrons. The van der Waals surface area contributed by atoms with Crippen molar-refractivity contribution >= 4 is 44.9 Å². The summed E-state index contributed by atoms with van der Waals surface area (Å²) < 4.78 is 0. The van der Waals surface area contributed by atoms with Gasteiger partial charge in [-0.2, -0.15) is 0 Å². The zero-order valence-corrected chi connectivity index (χ0v) is 17.1. The van der Waals surface area contributed by atoms with Gasteiger partial charge in [-0.05, 0) is 44.1 Å². The highest BCUT2D eigenvalue weighted by Gasteiger charge is 2.31. The molecule has 144 valence electrons. The second-order valence-electron chi connectivity index (χ2n) is 7.88. The number of carbonyl (C=O) groups excluding carboxylic acids is 1. The van der Waals surface area contributed by atoms with Crippen molar-refractivity contribution in [3.05, 3.63) is 16.3 Å².